The fourth-order valence-corrected chi connectivity index (χ4v) is 8.51. The van der Waals surface area contributed by atoms with Gasteiger partial charge >= 0.3 is 5.97 Å². The van der Waals surface area contributed by atoms with Crippen LogP contribution in [0.2, 0.25) is 0 Å². The van der Waals surface area contributed by atoms with E-state index >= 15 is 4.39 Å². The number of rotatable bonds is 6. The van der Waals surface area contributed by atoms with Gasteiger partial charge in [0, 0.05) is 17.5 Å². The summed E-state index contributed by atoms with van der Waals surface area (Å²) >= 11 is 0. The maximum atomic E-state index is 15.3. The maximum absolute atomic E-state index is 15.3. The quantitative estimate of drug-likeness (QED) is 0.669. The van der Waals surface area contributed by atoms with E-state index in [1.54, 1.807) is 6.07 Å². The molecule has 1 N–H and O–H groups in total. The molecular weight excluding hydrogens is 421 g/mol. The highest BCUT2D eigenvalue weighted by Crippen LogP contribution is 2.64. The molecule has 1 amide bonds. The molecule has 1 aromatic rings. The van der Waals surface area contributed by atoms with Gasteiger partial charge in [0.05, 0.1) is 12.2 Å². The fourth-order valence-electron chi connectivity index (χ4n) is 8.51. The van der Waals surface area contributed by atoms with Crippen LogP contribution >= 0.6 is 0 Å². The Labute approximate surface area is 193 Å². The number of carboxylic acids is 1. The fraction of sp³-hybridized carbons (Fsp3) is 0.704. The molecule has 1 heterocycles. The molecule has 6 atom stereocenters. The lowest BCUT2D eigenvalue weighted by Crippen LogP contribution is -2.44. The smallest absolute Gasteiger partial charge is 0.326 e. The van der Waals surface area contributed by atoms with Crippen molar-refractivity contribution in [3.63, 3.8) is 0 Å². The number of likely N-dealkylation sites (tertiary alicyclic amines) is 1. The first-order valence-electron chi connectivity index (χ1n) is 12.9. The Bertz CT molecular complexity index is 1030. The third-order valence-corrected chi connectivity index (χ3v) is 10.1. The van der Waals surface area contributed by atoms with E-state index < -0.39 is 23.7 Å². The van der Waals surface area contributed by atoms with Crippen LogP contribution in [0.25, 0.3) is 0 Å². The van der Waals surface area contributed by atoms with Crippen LogP contribution in [-0.4, -0.2) is 40.6 Å². The van der Waals surface area contributed by atoms with Gasteiger partial charge in [-0.05, 0) is 98.5 Å². The lowest BCUT2D eigenvalue weighted by molar-refractivity contribution is -0.142. The minimum Gasteiger partial charge on any atom is -0.493 e. The van der Waals surface area contributed by atoms with Crippen LogP contribution in [0.3, 0.4) is 0 Å². The molecule has 33 heavy (non-hydrogen) atoms. The standard InChI is InChI=1S/C27H32FNO4/c1-13-18-7-22(26(31)32)29(24(13)18)25(30)20-6-19(15-2-3-15)23(8-21(20)28)33-12-27-9-14-4-16(10-27)17(5-14)11-27/h6,8,13-18,22,24H,2-5,7,9-12H2,1H3,(H,31,32)/t13-,14?,16?,17?,18+,22+,24-,27?/m1/s1. The number of carboxylic acid groups (broad SMARTS) is 1. The molecule has 5 nitrogen and oxygen atoms in total. The molecule has 7 aliphatic rings. The predicted molar refractivity (Wildman–Crippen MR) is 119 cm³/mol. The number of aliphatic carboxylic acids is 1. The Kier molecular flexibility index (Phi) is 4.13. The van der Waals surface area contributed by atoms with E-state index in [1.165, 1.54) is 43.1 Å². The molecule has 1 saturated heterocycles. The largest absolute Gasteiger partial charge is 0.493 e. The number of amides is 1. The topological polar surface area (TPSA) is 66.8 Å². The molecular formula is C27H32FNO4. The van der Waals surface area contributed by atoms with Crippen molar-refractivity contribution in [2.45, 2.75) is 76.3 Å². The number of hydrogen-bond donors (Lipinski definition) is 1. The zero-order valence-corrected chi connectivity index (χ0v) is 19.1. The van der Waals surface area contributed by atoms with E-state index in [1.807, 2.05) is 6.92 Å². The molecule has 8 rings (SSSR count). The predicted octanol–water partition coefficient (Wildman–Crippen LogP) is 4.84. The lowest BCUT2D eigenvalue weighted by atomic mass is 9.70. The highest BCUT2D eigenvalue weighted by atomic mass is 19.1. The second-order valence-electron chi connectivity index (χ2n) is 12.2. The maximum Gasteiger partial charge on any atom is 0.326 e. The molecule has 7 fully saturated rings. The highest BCUT2D eigenvalue weighted by Gasteiger charge is 2.62. The Morgan fingerprint density at radius 2 is 1.88 bits per heavy atom. The molecule has 6 saturated carbocycles. The Hall–Kier alpha value is -2.11. The van der Waals surface area contributed by atoms with Crippen LogP contribution in [0.15, 0.2) is 12.1 Å². The summed E-state index contributed by atoms with van der Waals surface area (Å²) in [6, 6.07) is 2.16. The number of carbonyl (C=O) groups is 2. The van der Waals surface area contributed by atoms with Gasteiger partial charge in [-0.2, -0.15) is 0 Å². The third kappa shape index (κ3) is 3.01. The van der Waals surface area contributed by atoms with Gasteiger partial charge in [-0.15, -0.1) is 0 Å². The normalized spacial score (nSPS) is 42.0. The van der Waals surface area contributed by atoms with E-state index in [2.05, 4.69) is 0 Å². The van der Waals surface area contributed by atoms with Crippen molar-refractivity contribution >= 4 is 11.9 Å². The highest BCUT2D eigenvalue weighted by molar-refractivity contribution is 5.98. The van der Waals surface area contributed by atoms with E-state index in [-0.39, 0.29) is 28.9 Å². The van der Waals surface area contributed by atoms with E-state index in [0.717, 1.165) is 36.2 Å². The summed E-state index contributed by atoms with van der Waals surface area (Å²) in [7, 11) is 0. The summed E-state index contributed by atoms with van der Waals surface area (Å²) in [4.78, 5) is 26.6. The molecule has 4 bridgehead atoms. The van der Waals surface area contributed by atoms with E-state index in [0.29, 0.717) is 24.7 Å². The molecule has 6 aliphatic carbocycles. The van der Waals surface area contributed by atoms with Gasteiger partial charge in [-0.3, -0.25) is 4.79 Å². The van der Waals surface area contributed by atoms with E-state index in [9.17, 15) is 14.7 Å². The molecule has 0 aromatic heterocycles. The molecule has 2 unspecified atom stereocenters. The van der Waals surface area contributed by atoms with Gasteiger partial charge in [0.25, 0.3) is 5.91 Å². The Balaban J connectivity index is 1.16. The average molecular weight is 454 g/mol. The average Bonchev–Trinajstić information content (AvgIpc) is 3.62. The first-order valence-corrected chi connectivity index (χ1v) is 12.9. The minimum atomic E-state index is -0.995. The first-order chi connectivity index (χ1) is 15.8. The number of ether oxygens (including phenoxy) is 1. The molecule has 1 aliphatic heterocycles. The summed E-state index contributed by atoms with van der Waals surface area (Å²) < 4.78 is 21.7. The number of hydrogen-bond acceptors (Lipinski definition) is 3. The minimum absolute atomic E-state index is 0.00764. The zero-order valence-electron chi connectivity index (χ0n) is 19.1. The van der Waals surface area contributed by atoms with Gasteiger partial charge in [-0.25, -0.2) is 9.18 Å². The van der Waals surface area contributed by atoms with Crippen molar-refractivity contribution in [1.82, 2.24) is 4.90 Å². The van der Waals surface area contributed by atoms with Crippen molar-refractivity contribution in [1.29, 1.82) is 0 Å². The van der Waals surface area contributed by atoms with Crippen LogP contribution in [0.5, 0.6) is 5.75 Å². The van der Waals surface area contributed by atoms with Crippen LogP contribution in [0.4, 0.5) is 4.39 Å². The van der Waals surface area contributed by atoms with Crippen molar-refractivity contribution < 1.29 is 23.8 Å². The number of piperidine rings is 1. The van der Waals surface area contributed by atoms with Crippen LogP contribution < -0.4 is 4.74 Å². The van der Waals surface area contributed by atoms with Gasteiger partial charge < -0.3 is 14.7 Å². The molecule has 6 heteroatoms. The number of carbonyl (C=O) groups excluding carboxylic acids is 1. The SMILES string of the molecule is C[C@@H]1[C@@H]2C[C@@H](C(=O)O)N(C(=O)c3cc(C4CC4)c(OCC45CC6CC(C4)C(C6)C5)cc3F)[C@H]12. The zero-order chi connectivity index (χ0) is 22.6. The van der Waals surface area contributed by atoms with Crippen LogP contribution in [0.1, 0.15) is 80.1 Å². The monoisotopic (exact) mass is 453 g/mol. The van der Waals surface area contributed by atoms with Gasteiger partial charge in [0.15, 0.2) is 0 Å². The third-order valence-electron chi connectivity index (χ3n) is 10.1. The summed E-state index contributed by atoms with van der Waals surface area (Å²) in [6.07, 6.45) is 9.03. The van der Waals surface area contributed by atoms with Crippen LogP contribution in [-0.2, 0) is 4.79 Å². The summed E-state index contributed by atoms with van der Waals surface area (Å²) in [5, 5.41) is 9.63. The van der Waals surface area contributed by atoms with Gasteiger partial charge in [-0.1, -0.05) is 6.92 Å². The Morgan fingerprint density at radius 3 is 2.52 bits per heavy atom. The number of halogens is 1. The lowest BCUT2D eigenvalue weighted by Gasteiger charge is -2.38. The van der Waals surface area contributed by atoms with E-state index in [4.69, 9.17) is 4.74 Å². The van der Waals surface area contributed by atoms with Crippen LogP contribution in [0, 0.1) is 40.8 Å². The summed E-state index contributed by atoms with van der Waals surface area (Å²) in [6.45, 7) is 2.69. The van der Waals surface area contributed by atoms with Gasteiger partial charge in [0.1, 0.15) is 17.6 Å². The van der Waals surface area contributed by atoms with Crippen molar-refractivity contribution in [2.24, 2.45) is 35.0 Å². The Morgan fingerprint density at radius 1 is 1.15 bits per heavy atom. The first kappa shape index (κ1) is 20.3. The molecule has 0 spiro atoms. The summed E-state index contributed by atoms with van der Waals surface area (Å²) in [5.41, 5.74) is 1.19. The number of nitrogens with zero attached hydrogens (tertiary/aromatic N) is 1. The van der Waals surface area contributed by atoms with Gasteiger partial charge in [0.2, 0.25) is 0 Å². The van der Waals surface area contributed by atoms with Crippen molar-refractivity contribution in [3.8, 4) is 5.75 Å². The molecule has 0 radical (unpaired) electrons. The second kappa shape index (κ2) is 6.73. The molecule has 176 valence electrons. The second-order valence-corrected chi connectivity index (χ2v) is 12.2. The summed E-state index contributed by atoms with van der Waals surface area (Å²) in [5.74, 6) is 1.93. The van der Waals surface area contributed by atoms with Crippen molar-refractivity contribution in [3.05, 3.63) is 29.1 Å². The number of fused-ring (bicyclic) bond motifs is 1. The van der Waals surface area contributed by atoms with Crippen molar-refractivity contribution in [2.75, 3.05) is 6.61 Å². The molecule has 1 aromatic carbocycles. The number of benzene rings is 1.